The van der Waals surface area contributed by atoms with E-state index in [0.29, 0.717) is 36.5 Å². The van der Waals surface area contributed by atoms with E-state index < -0.39 is 12.1 Å². The SMILES string of the molecule is O=C(Cc1cccc(F)c1)N1CCc2onc(COc3cccnc3)c2C1.O=C(O)C(F)(F)F. The average molecular weight is 481 g/mol. The van der Waals surface area contributed by atoms with E-state index in [1.54, 1.807) is 35.5 Å². The number of carbonyl (C=O) groups excluding carboxylic acids is 1. The van der Waals surface area contributed by atoms with Crippen LogP contribution in [0.2, 0.25) is 0 Å². The summed E-state index contributed by atoms with van der Waals surface area (Å²) in [6, 6.07) is 9.73. The molecule has 0 unspecified atom stereocenters. The van der Waals surface area contributed by atoms with Gasteiger partial charge in [-0.15, -0.1) is 0 Å². The lowest BCUT2D eigenvalue weighted by molar-refractivity contribution is -0.192. The van der Waals surface area contributed by atoms with Crippen LogP contribution in [-0.4, -0.2) is 44.7 Å². The summed E-state index contributed by atoms with van der Waals surface area (Å²) >= 11 is 0. The number of carboxylic acids is 1. The Hall–Kier alpha value is -3.96. The standard InChI is InChI=1S/C20H18FN3O3.C2HF3O2/c21-15-4-1-3-14(9-15)10-20(25)24-8-6-19-17(12-24)18(23-27-19)13-26-16-5-2-7-22-11-16;3-2(4,5)1(6)7/h1-5,7,9,11H,6,8,10,12-13H2;(H,6,7). The molecule has 0 aliphatic carbocycles. The van der Waals surface area contributed by atoms with Gasteiger partial charge in [-0.25, -0.2) is 9.18 Å². The molecule has 1 amide bonds. The molecule has 2 aromatic heterocycles. The molecule has 0 fully saturated rings. The van der Waals surface area contributed by atoms with E-state index >= 15 is 0 Å². The Balaban J connectivity index is 0.000000406. The van der Waals surface area contributed by atoms with E-state index in [4.69, 9.17) is 19.2 Å². The van der Waals surface area contributed by atoms with Crippen LogP contribution in [0.3, 0.4) is 0 Å². The molecule has 3 aromatic rings. The number of carbonyl (C=O) groups is 2. The van der Waals surface area contributed by atoms with E-state index in [1.165, 1.54) is 12.1 Å². The van der Waals surface area contributed by atoms with Crippen molar-refractivity contribution in [1.82, 2.24) is 15.0 Å². The Morgan fingerprint density at radius 3 is 2.62 bits per heavy atom. The van der Waals surface area contributed by atoms with Crippen molar-refractivity contribution in [3.63, 3.8) is 0 Å². The predicted octanol–water partition coefficient (Wildman–Crippen LogP) is 3.55. The summed E-state index contributed by atoms with van der Waals surface area (Å²) in [5.41, 5.74) is 2.23. The number of aromatic nitrogens is 2. The Kier molecular flexibility index (Phi) is 7.82. The van der Waals surface area contributed by atoms with Crippen molar-refractivity contribution in [3.8, 4) is 5.75 Å². The number of carboxylic acid groups (broad SMARTS) is 1. The zero-order chi connectivity index (χ0) is 24.7. The third-order valence-corrected chi connectivity index (χ3v) is 4.76. The average Bonchev–Trinajstić information content (AvgIpc) is 3.20. The first kappa shape index (κ1) is 24.7. The molecule has 0 bridgehead atoms. The number of aliphatic carboxylic acids is 1. The lowest BCUT2D eigenvalue weighted by atomic mass is 10.0. The molecule has 4 rings (SSSR count). The van der Waals surface area contributed by atoms with Gasteiger partial charge in [0.2, 0.25) is 5.91 Å². The smallest absolute Gasteiger partial charge is 0.486 e. The summed E-state index contributed by atoms with van der Waals surface area (Å²) in [5.74, 6) is -1.71. The lowest BCUT2D eigenvalue weighted by Gasteiger charge is -2.26. The second-order valence-corrected chi connectivity index (χ2v) is 7.18. The van der Waals surface area contributed by atoms with E-state index in [9.17, 15) is 22.4 Å². The topological polar surface area (TPSA) is 106 Å². The number of nitrogens with zero attached hydrogens (tertiary/aromatic N) is 3. The van der Waals surface area contributed by atoms with Crippen LogP contribution >= 0.6 is 0 Å². The fourth-order valence-electron chi connectivity index (χ4n) is 3.11. The number of amides is 1. The molecule has 0 saturated heterocycles. The van der Waals surface area contributed by atoms with Gasteiger partial charge in [0.15, 0.2) is 0 Å². The highest BCUT2D eigenvalue weighted by Crippen LogP contribution is 2.24. The summed E-state index contributed by atoms with van der Waals surface area (Å²) < 4.78 is 56.2. The third kappa shape index (κ3) is 6.77. The molecule has 180 valence electrons. The molecule has 8 nitrogen and oxygen atoms in total. The molecule has 0 radical (unpaired) electrons. The number of ether oxygens (including phenoxy) is 1. The quantitative estimate of drug-likeness (QED) is 0.556. The maximum absolute atomic E-state index is 13.3. The fourth-order valence-corrected chi connectivity index (χ4v) is 3.11. The van der Waals surface area contributed by atoms with E-state index in [0.717, 1.165) is 11.3 Å². The van der Waals surface area contributed by atoms with Crippen molar-refractivity contribution in [1.29, 1.82) is 0 Å². The first-order valence-corrected chi connectivity index (χ1v) is 9.95. The Morgan fingerprint density at radius 2 is 1.97 bits per heavy atom. The highest BCUT2D eigenvalue weighted by Gasteiger charge is 2.38. The molecule has 12 heteroatoms. The van der Waals surface area contributed by atoms with E-state index in [-0.39, 0.29) is 24.8 Å². The van der Waals surface area contributed by atoms with Crippen molar-refractivity contribution in [2.75, 3.05) is 6.54 Å². The van der Waals surface area contributed by atoms with Gasteiger partial charge in [-0.1, -0.05) is 17.3 Å². The van der Waals surface area contributed by atoms with Gasteiger partial charge in [0.05, 0.1) is 19.2 Å². The van der Waals surface area contributed by atoms with Gasteiger partial charge >= 0.3 is 12.1 Å². The van der Waals surface area contributed by atoms with Gasteiger partial charge < -0.3 is 19.3 Å². The number of hydrogen-bond donors (Lipinski definition) is 1. The van der Waals surface area contributed by atoms with Crippen molar-refractivity contribution >= 4 is 11.9 Å². The van der Waals surface area contributed by atoms with Crippen LogP contribution in [0.5, 0.6) is 5.75 Å². The van der Waals surface area contributed by atoms with Crippen LogP contribution in [0, 0.1) is 5.82 Å². The Labute approximate surface area is 190 Å². The fraction of sp³-hybridized carbons (Fsp3) is 0.273. The summed E-state index contributed by atoms with van der Waals surface area (Å²) in [6.45, 7) is 1.22. The number of halogens is 4. The molecule has 1 aliphatic heterocycles. The summed E-state index contributed by atoms with van der Waals surface area (Å²) in [4.78, 5) is 27.3. The molecule has 0 saturated carbocycles. The predicted molar refractivity (Wildman–Crippen MR) is 108 cm³/mol. The van der Waals surface area contributed by atoms with Crippen LogP contribution in [0.25, 0.3) is 0 Å². The zero-order valence-electron chi connectivity index (χ0n) is 17.6. The maximum Gasteiger partial charge on any atom is 0.490 e. The number of alkyl halides is 3. The van der Waals surface area contributed by atoms with Crippen molar-refractivity contribution < 1.29 is 41.5 Å². The second-order valence-electron chi connectivity index (χ2n) is 7.18. The first-order valence-electron chi connectivity index (χ1n) is 9.95. The molecule has 1 aliphatic rings. The monoisotopic (exact) mass is 481 g/mol. The number of pyridine rings is 1. The largest absolute Gasteiger partial charge is 0.490 e. The minimum atomic E-state index is -5.08. The van der Waals surface area contributed by atoms with Gasteiger partial charge in [0.1, 0.15) is 29.6 Å². The normalized spacial score (nSPS) is 12.9. The second kappa shape index (κ2) is 10.8. The van der Waals surface area contributed by atoms with Gasteiger partial charge in [0.25, 0.3) is 0 Å². The van der Waals surface area contributed by atoms with Gasteiger partial charge in [0, 0.05) is 24.7 Å². The first-order chi connectivity index (χ1) is 16.1. The third-order valence-electron chi connectivity index (χ3n) is 4.76. The highest BCUT2D eigenvalue weighted by molar-refractivity contribution is 5.79. The lowest BCUT2D eigenvalue weighted by Crippen LogP contribution is -2.36. The summed E-state index contributed by atoms with van der Waals surface area (Å²) in [7, 11) is 0. The number of hydrogen-bond acceptors (Lipinski definition) is 6. The maximum atomic E-state index is 13.3. The molecule has 0 atom stereocenters. The number of benzene rings is 1. The van der Waals surface area contributed by atoms with Crippen LogP contribution in [0.15, 0.2) is 53.3 Å². The number of fused-ring (bicyclic) bond motifs is 1. The molecule has 3 heterocycles. The van der Waals surface area contributed by atoms with Crippen LogP contribution in [-0.2, 0) is 35.6 Å². The molecular weight excluding hydrogens is 462 g/mol. The van der Waals surface area contributed by atoms with Crippen molar-refractivity contribution in [2.45, 2.75) is 32.2 Å². The minimum absolute atomic E-state index is 0.0495. The highest BCUT2D eigenvalue weighted by atomic mass is 19.4. The molecular formula is C22H19F4N3O5. The van der Waals surface area contributed by atoms with Gasteiger partial charge in [-0.2, -0.15) is 13.2 Å². The molecule has 1 N–H and O–H groups in total. The van der Waals surface area contributed by atoms with Crippen molar-refractivity contribution in [2.24, 2.45) is 0 Å². The van der Waals surface area contributed by atoms with E-state index in [1.807, 2.05) is 6.07 Å². The van der Waals surface area contributed by atoms with Crippen molar-refractivity contribution in [3.05, 3.63) is 77.2 Å². The number of rotatable bonds is 5. The van der Waals surface area contributed by atoms with Gasteiger partial charge in [-0.05, 0) is 29.8 Å². The van der Waals surface area contributed by atoms with Crippen LogP contribution in [0.1, 0.15) is 22.6 Å². The molecule has 1 aromatic carbocycles. The summed E-state index contributed by atoms with van der Waals surface area (Å²) in [5, 5.41) is 11.2. The van der Waals surface area contributed by atoms with Gasteiger partial charge in [-0.3, -0.25) is 9.78 Å². The molecule has 34 heavy (non-hydrogen) atoms. The summed E-state index contributed by atoms with van der Waals surface area (Å²) in [6.07, 6.45) is -1.02. The Bertz CT molecular complexity index is 1140. The van der Waals surface area contributed by atoms with E-state index in [2.05, 4.69) is 10.1 Å². The zero-order valence-corrected chi connectivity index (χ0v) is 17.6. The minimum Gasteiger partial charge on any atom is -0.486 e. The Morgan fingerprint density at radius 1 is 1.21 bits per heavy atom. The van der Waals surface area contributed by atoms with Crippen LogP contribution < -0.4 is 4.74 Å². The van der Waals surface area contributed by atoms with Crippen LogP contribution in [0.4, 0.5) is 17.6 Å². The molecule has 0 spiro atoms.